The third kappa shape index (κ3) is 7.60. The van der Waals surface area contributed by atoms with Crippen molar-refractivity contribution in [2.75, 3.05) is 17.1 Å². The first-order valence-corrected chi connectivity index (χ1v) is 14.6. The van der Waals surface area contributed by atoms with Gasteiger partial charge in [-0.2, -0.15) is 0 Å². The van der Waals surface area contributed by atoms with Gasteiger partial charge in [0.15, 0.2) is 0 Å². The predicted molar refractivity (Wildman–Crippen MR) is 147 cm³/mol. The molecule has 36 heavy (non-hydrogen) atoms. The van der Waals surface area contributed by atoms with Crippen LogP contribution in [0.15, 0.2) is 42.5 Å². The molecule has 7 nitrogen and oxygen atoms in total. The van der Waals surface area contributed by atoms with E-state index in [0.717, 1.165) is 22.5 Å². The Hall–Kier alpha value is -2.29. The Kier molecular flexibility index (Phi) is 11.1. The lowest BCUT2D eigenvalue weighted by Crippen LogP contribution is -2.53. The lowest BCUT2D eigenvalue weighted by molar-refractivity contribution is -0.140. The second-order valence-electron chi connectivity index (χ2n) is 8.72. The van der Waals surface area contributed by atoms with Crippen LogP contribution in [0.25, 0.3) is 0 Å². The van der Waals surface area contributed by atoms with Crippen molar-refractivity contribution in [3.05, 3.63) is 63.6 Å². The molecule has 2 rings (SSSR count). The van der Waals surface area contributed by atoms with Crippen LogP contribution in [0.5, 0.6) is 0 Å². The predicted octanol–water partition coefficient (Wildman–Crippen LogP) is 5.04. The summed E-state index contributed by atoms with van der Waals surface area (Å²) in [7, 11) is -3.81. The van der Waals surface area contributed by atoms with Gasteiger partial charge < -0.3 is 10.2 Å². The van der Waals surface area contributed by atoms with Crippen LogP contribution >= 0.6 is 23.2 Å². The van der Waals surface area contributed by atoms with Crippen molar-refractivity contribution in [1.82, 2.24) is 10.2 Å². The van der Waals surface area contributed by atoms with E-state index in [9.17, 15) is 18.0 Å². The Bertz CT molecular complexity index is 1150. The van der Waals surface area contributed by atoms with Gasteiger partial charge in [0.2, 0.25) is 21.8 Å². The minimum atomic E-state index is -3.81. The number of carbonyl (C=O) groups excluding carboxylic acids is 2. The van der Waals surface area contributed by atoms with Gasteiger partial charge in [0, 0.05) is 28.2 Å². The Morgan fingerprint density at radius 2 is 1.58 bits per heavy atom. The molecule has 2 atom stereocenters. The van der Waals surface area contributed by atoms with E-state index in [-0.39, 0.29) is 18.5 Å². The van der Waals surface area contributed by atoms with Crippen molar-refractivity contribution in [2.24, 2.45) is 0 Å². The number of nitrogens with zero attached hydrogens (tertiary/aromatic N) is 2. The van der Waals surface area contributed by atoms with Crippen molar-refractivity contribution in [3.8, 4) is 0 Å². The fourth-order valence-corrected chi connectivity index (χ4v) is 5.26. The molecule has 0 aromatic heterocycles. The van der Waals surface area contributed by atoms with Gasteiger partial charge in [0.25, 0.3) is 0 Å². The number of benzene rings is 2. The van der Waals surface area contributed by atoms with Crippen LogP contribution in [0.4, 0.5) is 5.69 Å². The maximum Gasteiger partial charge on any atom is 0.244 e. The van der Waals surface area contributed by atoms with E-state index >= 15 is 0 Å². The summed E-state index contributed by atoms with van der Waals surface area (Å²) in [6.45, 7) is 7.04. The number of aryl methyl sites for hydroxylation is 1. The molecule has 0 radical (unpaired) electrons. The Balaban J connectivity index is 2.54. The molecule has 10 heteroatoms. The summed E-state index contributed by atoms with van der Waals surface area (Å²) in [6.07, 6.45) is 2.70. The highest BCUT2D eigenvalue weighted by Gasteiger charge is 2.33. The average Bonchev–Trinajstić information content (AvgIpc) is 2.83. The zero-order chi connectivity index (χ0) is 27.0. The van der Waals surface area contributed by atoms with Crippen molar-refractivity contribution in [2.45, 2.75) is 65.6 Å². The molecule has 2 aromatic carbocycles. The largest absolute Gasteiger partial charge is 0.352 e. The normalized spacial score (nSPS) is 13.1. The third-order valence-electron chi connectivity index (χ3n) is 6.10. The van der Waals surface area contributed by atoms with E-state index in [2.05, 4.69) is 5.32 Å². The monoisotopic (exact) mass is 555 g/mol. The first kappa shape index (κ1) is 29.9. The highest BCUT2D eigenvalue weighted by molar-refractivity contribution is 7.92. The van der Waals surface area contributed by atoms with E-state index in [1.54, 1.807) is 37.3 Å². The molecule has 0 saturated carbocycles. The van der Waals surface area contributed by atoms with E-state index in [0.29, 0.717) is 34.1 Å². The Morgan fingerprint density at radius 3 is 2.11 bits per heavy atom. The summed E-state index contributed by atoms with van der Waals surface area (Å²) in [4.78, 5) is 28.4. The molecule has 0 saturated heterocycles. The molecule has 198 valence electrons. The second kappa shape index (κ2) is 13.3. The average molecular weight is 557 g/mol. The van der Waals surface area contributed by atoms with Crippen LogP contribution in [-0.4, -0.2) is 50.0 Å². The number of amides is 2. The quantitative estimate of drug-likeness (QED) is 0.397. The van der Waals surface area contributed by atoms with Gasteiger partial charge in [-0.1, -0.05) is 68.2 Å². The lowest BCUT2D eigenvalue weighted by atomic mass is 10.1. The van der Waals surface area contributed by atoms with E-state index in [1.807, 2.05) is 32.9 Å². The van der Waals surface area contributed by atoms with Crippen LogP contribution in [0.3, 0.4) is 0 Å². The summed E-state index contributed by atoms with van der Waals surface area (Å²) in [5.41, 5.74) is 1.71. The van der Waals surface area contributed by atoms with Gasteiger partial charge in [-0.05, 0) is 49.9 Å². The molecule has 2 unspecified atom stereocenters. The van der Waals surface area contributed by atoms with Gasteiger partial charge in [-0.25, -0.2) is 8.42 Å². The maximum absolute atomic E-state index is 13.8. The lowest BCUT2D eigenvalue weighted by Gasteiger charge is -2.34. The molecular formula is C26H35Cl2N3O4S. The topological polar surface area (TPSA) is 86.8 Å². The number of anilines is 1. The fraction of sp³-hybridized carbons (Fsp3) is 0.462. The molecule has 0 heterocycles. The molecule has 0 spiro atoms. The number of carbonyl (C=O) groups is 2. The minimum Gasteiger partial charge on any atom is -0.352 e. The number of hydrogen-bond donors (Lipinski definition) is 1. The van der Waals surface area contributed by atoms with Crippen molar-refractivity contribution in [3.63, 3.8) is 0 Å². The van der Waals surface area contributed by atoms with Crippen LogP contribution in [0, 0.1) is 0 Å². The van der Waals surface area contributed by atoms with Gasteiger partial charge in [0.05, 0.1) is 11.9 Å². The van der Waals surface area contributed by atoms with Crippen LogP contribution in [-0.2, 0) is 32.6 Å². The fourth-order valence-electron chi connectivity index (χ4n) is 3.86. The summed E-state index contributed by atoms with van der Waals surface area (Å²) < 4.78 is 26.7. The summed E-state index contributed by atoms with van der Waals surface area (Å²) in [6, 6.07) is 11.1. The SMILES string of the molecule is CCc1ccccc1N(CC(=O)N(Cc1c(Cl)cccc1Cl)C(CC)C(=O)NC(C)CC)S(C)(=O)=O. The van der Waals surface area contributed by atoms with Crippen molar-refractivity contribution >= 4 is 50.7 Å². The number of sulfonamides is 1. The molecule has 0 aliphatic heterocycles. The maximum atomic E-state index is 13.8. The summed E-state index contributed by atoms with van der Waals surface area (Å²) in [5.74, 6) is -0.850. The molecule has 0 aliphatic carbocycles. The first-order valence-electron chi connectivity index (χ1n) is 12.0. The number of para-hydroxylation sites is 1. The zero-order valence-electron chi connectivity index (χ0n) is 21.4. The van der Waals surface area contributed by atoms with Crippen LogP contribution in [0.2, 0.25) is 10.0 Å². The van der Waals surface area contributed by atoms with E-state index < -0.39 is 28.5 Å². The first-order chi connectivity index (χ1) is 16.9. The molecular weight excluding hydrogens is 521 g/mol. The van der Waals surface area contributed by atoms with Gasteiger partial charge in [-0.3, -0.25) is 13.9 Å². The van der Waals surface area contributed by atoms with Crippen LogP contribution in [0.1, 0.15) is 51.7 Å². The minimum absolute atomic E-state index is 0.0448. The summed E-state index contributed by atoms with van der Waals surface area (Å²) in [5, 5.41) is 3.64. The molecule has 2 aromatic rings. The summed E-state index contributed by atoms with van der Waals surface area (Å²) >= 11 is 12.8. The number of halogens is 2. The standard InChI is InChI=1S/C26H35Cl2N3O4S/c1-6-18(4)29-26(33)23(8-3)30(16-20-21(27)13-11-14-22(20)28)25(32)17-31(36(5,34)35)24-15-10-9-12-19(24)7-2/h9-15,18,23H,6-8,16-17H2,1-5H3,(H,29,33). The van der Waals surface area contributed by atoms with Gasteiger partial charge in [-0.15, -0.1) is 0 Å². The molecule has 0 bridgehead atoms. The molecule has 0 aliphatic rings. The second-order valence-corrected chi connectivity index (χ2v) is 11.4. The van der Waals surface area contributed by atoms with Gasteiger partial charge >= 0.3 is 0 Å². The highest BCUT2D eigenvalue weighted by atomic mass is 35.5. The van der Waals surface area contributed by atoms with Gasteiger partial charge in [0.1, 0.15) is 12.6 Å². The highest BCUT2D eigenvalue weighted by Crippen LogP contribution is 2.28. The van der Waals surface area contributed by atoms with E-state index in [4.69, 9.17) is 23.2 Å². The van der Waals surface area contributed by atoms with Crippen molar-refractivity contribution < 1.29 is 18.0 Å². The molecule has 1 N–H and O–H groups in total. The number of rotatable bonds is 12. The third-order valence-corrected chi connectivity index (χ3v) is 7.93. The number of nitrogens with one attached hydrogen (secondary N) is 1. The molecule has 2 amide bonds. The van der Waals surface area contributed by atoms with Crippen molar-refractivity contribution in [1.29, 1.82) is 0 Å². The Morgan fingerprint density at radius 1 is 0.972 bits per heavy atom. The number of hydrogen-bond acceptors (Lipinski definition) is 4. The van der Waals surface area contributed by atoms with Crippen LogP contribution < -0.4 is 9.62 Å². The zero-order valence-corrected chi connectivity index (χ0v) is 23.8. The molecule has 0 fully saturated rings. The van der Waals surface area contributed by atoms with E-state index in [1.165, 1.54) is 4.90 Å². The Labute approximate surface area is 224 Å². The smallest absolute Gasteiger partial charge is 0.244 e.